The molecule has 3 aromatic rings. The lowest BCUT2D eigenvalue weighted by molar-refractivity contribution is -0.192. The first-order chi connectivity index (χ1) is 18.4. The molecule has 14 nitrogen and oxygen atoms in total. The second kappa shape index (κ2) is 12.5. The van der Waals surface area contributed by atoms with Crippen LogP contribution in [0.2, 0.25) is 0 Å². The summed E-state index contributed by atoms with van der Waals surface area (Å²) >= 11 is 0. The van der Waals surface area contributed by atoms with Gasteiger partial charge in [-0.25, -0.2) is 14.3 Å². The fraction of sp³-hybridized carbons (Fsp3) is 0.455. The van der Waals surface area contributed by atoms with E-state index >= 15 is 0 Å². The molecule has 1 aliphatic rings. The third-order valence-corrected chi connectivity index (χ3v) is 5.79. The van der Waals surface area contributed by atoms with E-state index in [1.807, 2.05) is 0 Å². The molecule has 1 fully saturated rings. The van der Waals surface area contributed by atoms with Gasteiger partial charge in [-0.05, 0) is 25.0 Å². The SMILES string of the molecule is CNC(=O)c1nn(CCO)cc1NC(=O)c1ccc2cnc(N[C@@H]3CCCC[C@@H]3N)nn12.O=C(O)C(F)(F)F. The highest BCUT2D eigenvalue weighted by molar-refractivity contribution is 6.07. The van der Waals surface area contributed by atoms with E-state index in [-0.39, 0.29) is 42.3 Å². The first-order valence-electron chi connectivity index (χ1n) is 11.8. The number of rotatable bonds is 7. The summed E-state index contributed by atoms with van der Waals surface area (Å²) in [4.78, 5) is 38.4. The number of carboxylic acid groups (broad SMARTS) is 1. The Morgan fingerprint density at radius 3 is 2.46 bits per heavy atom. The van der Waals surface area contributed by atoms with Crippen LogP contribution >= 0.6 is 0 Å². The van der Waals surface area contributed by atoms with E-state index < -0.39 is 24.0 Å². The Balaban J connectivity index is 0.000000532. The van der Waals surface area contributed by atoms with Crippen LogP contribution in [0, 0.1) is 0 Å². The number of nitrogens with one attached hydrogen (secondary N) is 3. The summed E-state index contributed by atoms with van der Waals surface area (Å²) in [6.07, 6.45) is 2.17. The molecule has 2 amide bonds. The summed E-state index contributed by atoms with van der Waals surface area (Å²) < 4.78 is 34.6. The van der Waals surface area contributed by atoms with Gasteiger partial charge in [0.2, 0.25) is 5.95 Å². The van der Waals surface area contributed by atoms with Crippen LogP contribution in [-0.4, -0.2) is 84.3 Å². The van der Waals surface area contributed by atoms with Crippen LogP contribution in [0.1, 0.15) is 46.7 Å². The number of amides is 2. The summed E-state index contributed by atoms with van der Waals surface area (Å²) in [5.41, 5.74) is 7.42. The van der Waals surface area contributed by atoms with Crippen molar-refractivity contribution >= 4 is 34.9 Å². The molecular formula is C22H28F3N9O5. The summed E-state index contributed by atoms with van der Waals surface area (Å²) in [5.74, 6) is -3.27. The number of carboxylic acids is 1. The Hall–Kier alpha value is -4.25. The molecule has 1 saturated carbocycles. The number of hydrogen-bond donors (Lipinski definition) is 6. The molecule has 17 heteroatoms. The summed E-state index contributed by atoms with van der Waals surface area (Å²) in [6, 6.07) is 3.49. The van der Waals surface area contributed by atoms with Crippen LogP contribution in [0.5, 0.6) is 0 Å². The maximum atomic E-state index is 13.0. The largest absolute Gasteiger partial charge is 0.490 e. The average Bonchev–Trinajstić information content (AvgIpc) is 3.48. The van der Waals surface area contributed by atoms with E-state index in [2.05, 4.69) is 31.1 Å². The van der Waals surface area contributed by atoms with E-state index in [0.717, 1.165) is 25.7 Å². The fourth-order valence-electron chi connectivity index (χ4n) is 3.85. The zero-order valence-corrected chi connectivity index (χ0v) is 20.8. The molecule has 0 unspecified atom stereocenters. The van der Waals surface area contributed by atoms with Gasteiger partial charge in [0.05, 0.1) is 30.6 Å². The number of aliphatic hydroxyl groups excluding tert-OH is 1. The highest BCUT2D eigenvalue weighted by Crippen LogP contribution is 2.21. The number of aromatic nitrogens is 5. The van der Waals surface area contributed by atoms with E-state index in [1.165, 1.54) is 22.4 Å². The van der Waals surface area contributed by atoms with Gasteiger partial charge in [0.15, 0.2) is 5.69 Å². The van der Waals surface area contributed by atoms with Crippen LogP contribution in [0.25, 0.3) is 5.52 Å². The lowest BCUT2D eigenvalue weighted by atomic mass is 9.91. The third kappa shape index (κ3) is 7.41. The van der Waals surface area contributed by atoms with Crippen molar-refractivity contribution in [2.24, 2.45) is 5.73 Å². The van der Waals surface area contributed by atoms with Gasteiger partial charge in [0.25, 0.3) is 11.8 Å². The van der Waals surface area contributed by atoms with Gasteiger partial charge in [-0.1, -0.05) is 12.8 Å². The number of nitrogens with zero attached hydrogens (tertiary/aromatic N) is 5. The smallest absolute Gasteiger partial charge is 0.475 e. The number of hydrogen-bond acceptors (Lipinski definition) is 9. The van der Waals surface area contributed by atoms with Gasteiger partial charge >= 0.3 is 12.1 Å². The highest BCUT2D eigenvalue weighted by Gasteiger charge is 2.38. The Bertz CT molecular complexity index is 1320. The minimum absolute atomic E-state index is 0.0362. The zero-order valence-electron chi connectivity index (χ0n) is 20.8. The molecule has 1 aliphatic carbocycles. The Morgan fingerprint density at radius 1 is 1.15 bits per heavy atom. The van der Waals surface area contributed by atoms with Gasteiger partial charge in [-0.3, -0.25) is 14.3 Å². The first kappa shape index (κ1) is 29.3. The molecule has 39 heavy (non-hydrogen) atoms. The van der Waals surface area contributed by atoms with E-state index in [9.17, 15) is 22.8 Å². The molecule has 0 spiro atoms. The first-order valence-corrected chi connectivity index (χ1v) is 11.8. The van der Waals surface area contributed by atoms with Crippen molar-refractivity contribution in [1.29, 1.82) is 0 Å². The molecule has 7 N–H and O–H groups in total. The Kier molecular flexibility index (Phi) is 9.42. The van der Waals surface area contributed by atoms with Crippen LogP contribution in [-0.2, 0) is 11.3 Å². The molecule has 3 heterocycles. The number of carbonyl (C=O) groups is 3. The quantitative estimate of drug-likeness (QED) is 0.243. The number of nitrogens with two attached hydrogens (primary N) is 1. The van der Waals surface area contributed by atoms with E-state index in [0.29, 0.717) is 11.5 Å². The van der Waals surface area contributed by atoms with Crippen LogP contribution in [0.3, 0.4) is 0 Å². The Labute approximate surface area is 219 Å². The average molecular weight is 556 g/mol. The van der Waals surface area contributed by atoms with Crippen molar-refractivity contribution in [3.05, 3.63) is 35.9 Å². The van der Waals surface area contributed by atoms with E-state index in [4.69, 9.17) is 20.7 Å². The number of carbonyl (C=O) groups excluding carboxylic acids is 2. The number of alkyl halides is 3. The number of aliphatic hydroxyl groups is 1. The minimum atomic E-state index is -5.08. The van der Waals surface area contributed by atoms with Crippen LogP contribution in [0.15, 0.2) is 24.5 Å². The molecule has 2 atom stereocenters. The molecular weight excluding hydrogens is 527 g/mol. The molecule has 3 aromatic heterocycles. The van der Waals surface area contributed by atoms with Gasteiger partial charge < -0.3 is 31.9 Å². The molecule has 0 bridgehead atoms. The zero-order chi connectivity index (χ0) is 28.7. The second-order valence-corrected chi connectivity index (χ2v) is 8.55. The summed E-state index contributed by atoms with van der Waals surface area (Å²) in [7, 11) is 1.48. The summed E-state index contributed by atoms with van der Waals surface area (Å²) in [6.45, 7) is 0.0441. The van der Waals surface area contributed by atoms with Crippen molar-refractivity contribution in [2.45, 2.75) is 50.5 Å². The maximum absolute atomic E-state index is 13.0. The lowest BCUT2D eigenvalue weighted by Gasteiger charge is -2.29. The molecule has 0 aromatic carbocycles. The Morgan fingerprint density at radius 2 is 1.85 bits per heavy atom. The molecule has 0 saturated heterocycles. The van der Waals surface area contributed by atoms with Crippen LogP contribution < -0.4 is 21.7 Å². The van der Waals surface area contributed by atoms with Crippen molar-refractivity contribution in [2.75, 3.05) is 24.3 Å². The van der Waals surface area contributed by atoms with Crippen molar-refractivity contribution in [1.82, 2.24) is 29.7 Å². The topological polar surface area (TPSA) is 202 Å². The molecule has 4 rings (SSSR count). The highest BCUT2D eigenvalue weighted by atomic mass is 19.4. The summed E-state index contributed by atoms with van der Waals surface area (Å²) in [5, 5.41) is 33.4. The number of anilines is 2. The number of aliphatic carboxylic acids is 1. The lowest BCUT2D eigenvalue weighted by Crippen LogP contribution is -2.43. The predicted octanol–water partition coefficient (Wildman–Crippen LogP) is 0.845. The van der Waals surface area contributed by atoms with Crippen molar-refractivity contribution in [3.8, 4) is 0 Å². The van der Waals surface area contributed by atoms with Crippen LogP contribution in [0.4, 0.5) is 24.8 Å². The monoisotopic (exact) mass is 555 g/mol. The standard InChI is InChI=1S/C20H27N9O3.C2HF3O2/c1-22-19(32)17-15(11-28(26-17)8-9-30)24-18(31)16-7-6-12-10-23-20(27-29(12)16)25-14-5-3-2-4-13(14)21;3-2(4,5)1(6)7/h6-7,10-11,13-14,30H,2-5,8-9,21H2,1H3,(H,22,32)(H,24,31)(H,25,27);(H,6,7)/t13-,14+;/m0./s1. The second-order valence-electron chi connectivity index (χ2n) is 8.55. The van der Waals surface area contributed by atoms with Gasteiger partial charge in [0.1, 0.15) is 5.69 Å². The fourth-order valence-corrected chi connectivity index (χ4v) is 3.85. The normalized spacial score (nSPS) is 17.2. The third-order valence-electron chi connectivity index (χ3n) is 5.79. The maximum Gasteiger partial charge on any atom is 0.490 e. The molecule has 0 radical (unpaired) electrons. The molecule has 212 valence electrons. The van der Waals surface area contributed by atoms with Gasteiger partial charge in [-0.15, -0.1) is 5.10 Å². The van der Waals surface area contributed by atoms with Gasteiger partial charge in [-0.2, -0.15) is 18.3 Å². The van der Waals surface area contributed by atoms with E-state index in [1.54, 1.807) is 18.3 Å². The van der Waals surface area contributed by atoms with Crippen molar-refractivity contribution in [3.63, 3.8) is 0 Å². The number of fused-ring (bicyclic) bond motifs is 1. The number of halogens is 3. The molecule has 0 aliphatic heterocycles. The van der Waals surface area contributed by atoms with Crippen molar-refractivity contribution < 1.29 is 37.8 Å². The predicted molar refractivity (Wildman–Crippen MR) is 131 cm³/mol. The minimum Gasteiger partial charge on any atom is -0.475 e. The van der Waals surface area contributed by atoms with Gasteiger partial charge in [0, 0.05) is 25.3 Å².